The van der Waals surface area contributed by atoms with E-state index in [1.165, 1.54) is 7.11 Å². The van der Waals surface area contributed by atoms with Gasteiger partial charge < -0.3 is 10.1 Å². The number of hydrogen-bond donors (Lipinski definition) is 2. The molecule has 0 atom stereocenters. The number of fused-ring (bicyclic) bond motifs is 1. The zero-order chi connectivity index (χ0) is 20.8. The molecule has 0 spiro atoms. The third kappa shape index (κ3) is 5.12. The fraction of sp³-hybridized carbons (Fsp3) is 0.136. The summed E-state index contributed by atoms with van der Waals surface area (Å²) in [5.74, 6) is -0.133. The summed E-state index contributed by atoms with van der Waals surface area (Å²) in [7, 11) is 1.51. The summed E-state index contributed by atoms with van der Waals surface area (Å²) < 4.78 is 5.21. The van der Waals surface area contributed by atoms with Crippen LogP contribution in [0.15, 0.2) is 65.8 Å². The molecule has 2 N–H and O–H groups in total. The number of amides is 2. The molecule has 0 heterocycles. The molecule has 3 aromatic carbocycles. The van der Waals surface area contributed by atoms with Crippen LogP contribution in [0, 0.1) is 0 Å². The summed E-state index contributed by atoms with van der Waals surface area (Å²) in [6.45, 7) is 1.66. The summed E-state index contributed by atoms with van der Waals surface area (Å²) in [4.78, 5) is 24.8. The number of hydrogen-bond acceptors (Lipinski definition) is 4. The van der Waals surface area contributed by atoms with E-state index in [0.29, 0.717) is 27.7 Å². The zero-order valence-electron chi connectivity index (χ0n) is 16.0. The number of carbonyl (C=O) groups is 2. The minimum atomic E-state index is -0.335. The molecule has 29 heavy (non-hydrogen) atoms. The first-order valence-corrected chi connectivity index (χ1v) is 9.30. The number of hydrazone groups is 1. The van der Waals surface area contributed by atoms with Gasteiger partial charge in [0.1, 0.15) is 5.75 Å². The topological polar surface area (TPSA) is 79.8 Å². The fourth-order valence-corrected chi connectivity index (χ4v) is 3.05. The minimum Gasteiger partial charge on any atom is -0.495 e. The molecule has 6 nitrogen and oxygen atoms in total. The summed E-state index contributed by atoms with van der Waals surface area (Å²) >= 11 is 5.97. The molecule has 0 aliphatic carbocycles. The van der Waals surface area contributed by atoms with E-state index in [0.717, 1.165) is 10.8 Å². The van der Waals surface area contributed by atoms with E-state index in [-0.39, 0.29) is 18.2 Å². The summed E-state index contributed by atoms with van der Waals surface area (Å²) in [6.07, 6.45) is 0.00544. The number of benzene rings is 3. The Bertz CT molecular complexity index is 1090. The first kappa shape index (κ1) is 20.4. The van der Waals surface area contributed by atoms with Crippen molar-refractivity contribution in [3.8, 4) is 5.75 Å². The number of ether oxygens (including phenoxy) is 1. The second-order valence-electron chi connectivity index (χ2n) is 6.38. The van der Waals surface area contributed by atoms with Gasteiger partial charge in [0.2, 0.25) is 5.91 Å². The van der Waals surface area contributed by atoms with Crippen LogP contribution in [-0.4, -0.2) is 24.6 Å². The van der Waals surface area contributed by atoms with Crippen molar-refractivity contribution in [2.75, 3.05) is 12.4 Å². The van der Waals surface area contributed by atoms with Crippen molar-refractivity contribution in [2.45, 2.75) is 13.3 Å². The first-order valence-electron chi connectivity index (χ1n) is 8.92. The summed E-state index contributed by atoms with van der Waals surface area (Å²) in [5, 5.41) is 9.07. The van der Waals surface area contributed by atoms with E-state index in [9.17, 15) is 9.59 Å². The molecule has 3 rings (SSSR count). The van der Waals surface area contributed by atoms with Crippen molar-refractivity contribution in [3.05, 3.63) is 71.2 Å². The Hall–Kier alpha value is -3.38. The molecule has 7 heteroatoms. The van der Waals surface area contributed by atoms with Crippen LogP contribution in [0.3, 0.4) is 0 Å². The maximum Gasteiger partial charge on any atom is 0.271 e. The van der Waals surface area contributed by atoms with Crippen molar-refractivity contribution in [3.63, 3.8) is 0 Å². The molecular weight excluding hydrogens is 390 g/mol. The number of rotatable bonds is 6. The van der Waals surface area contributed by atoms with Crippen LogP contribution in [0.25, 0.3) is 10.8 Å². The molecule has 0 aliphatic heterocycles. The highest BCUT2D eigenvalue weighted by molar-refractivity contribution is 6.31. The van der Waals surface area contributed by atoms with E-state index in [1.54, 1.807) is 31.2 Å². The second kappa shape index (κ2) is 9.21. The SMILES string of the molecule is COc1ccc(Cl)cc1NC(=O)C/C(C)=N/NC(=O)c1cccc2ccccc12. The van der Waals surface area contributed by atoms with Gasteiger partial charge in [-0.25, -0.2) is 5.43 Å². The maximum atomic E-state index is 12.5. The van der Waals surface area contributed by atoms with Crippen molar-refractivity contribution in [1.82, 2.24) is 5.43 Å². The Morgan fingerprint density at radius 2 is 1.83 bits per heavy atom. The molecule has 0 saturated heterocycles. The van der Waals surface area contributed by atoms with Crippen LogP contribution in [0.4, 0.5) is 5.69 Å². The Morgan fingerprint density at radius 1 is 1.07 bits per heavy atom. The average Bonchev–Trinajstić information content (AvgIpc) is 2.71. The Balaban J connectivity index is 1.65. The molecule has 3 aromatic rings. The Morgan fingerprint density at radius 3 is 2.62 bits per heavy atom. The predicted octanol–water partition coefficient (Wildman–Crippen LogP) is 4.64. The number of carbonyl (C=O) groups excluding carboxylic acids is 2. The van der Waals surface area contributed by atoms with E-state index < -0.39 is 0 Å². The Kier molecular flexibility index (Phi) is 6.46. The van der Waals surface area contributed by atoms with E-state index in [1.807, 2.05) is 36.4 Å². The van der Waals surface area contributed by atoms with Gasteiger partial charge in [-0.2, -0.15) is 5.10 Å². The number of anilines is 1. The molecule has 0 aromatic heterocycles. The molecule has 0 radical (unpaired) electrons. The molecule has 0 saturated carbocycles. The first-order chi connectivity index (χ1) is 14.0. The quantitative estimate of drug-likeness (QED) is 0.460. The average molecular weight is 410 g/mol. The number of nitrogens with zero attached hydrogens (tertiary/aromatic N) is 1. The molecule has 0 aliphatic rings. The van der Waals surface area contributed by atoms with Gasteiger partial charge in [-0.05, 0) is 42.0 Å². The van der Waals surface area contributed by atoms with Gasteiger partial charge in [-0.1, -0.05) is 48.0 Å². The number of methoxy groups -OCH3 is 1. The monoisotopic (exact) mass is 409 g/mol. The van der Waals surface area contributed by atoms with Crippen LogP contribution in [0.5, 0.6) is 5.75 Å². The number of nitrogens with one attached hydrogen (secondary N) is 2. The molecule has 2 amide bonds. The van der Waals surface area contributed by atoms with Crippen LogP contribution in [-0.2, 0) is 4.79 Å². The lowest BCUT2D eigenvalue weighted by atomic mass is 10.0. The Labute approximate surface area is 173 Å². The molecule has 0 unspecified atom stereocenters. The molecule has 148 valence electrons. The molecule has 0 bridgehead atoms. The van der Waals surface area contributed by atoms with E-state index in [4.69, 9.17) is 16.3 Å². The van der Waals surface area contributed by atoms with Crippen LogP contribution in [0.2, 0.25) is 5.02 Å². The largest absolute Gasteiger partial charge is 0.495 e. The summed E-state index contributed by atoms with van der Waals surface area (Å²) in [5.41, 5.74) is 3.96. The normalized spacial score (nSPS) is 11.2. The van der Waals surface area contributed by atoms with Gasteiger partial charge in [0.05, 0.1) is 19.2 Å². The maximum absolute atomic E-state index is 12.5. The molecular formula is C22H20ClN3O3. The highest BCUT2D eigenvalue weighted by atomic mass is 35.5. The lowest BCUT2D eigenvalue weighted by Gasteiger charge is -2.10. The van der Waals surface area contributed by atoms with Gasteiger partial charge in [-0.3, -0.25) is 9.59 Å². The predicted molar refractivity (Wildman–Crippen MR) is 116 cm³/mol. The van der Waals surface area contributed by atoms with Gasteiger partial charge in [0, 0.05) is 16.3 Å². The fourth-order valence-electron chi connectivity index (χ4n) is 2.87. The van der Waals surface area contributed by atoms with Crippen molar-refractivity contribution >= 4 is 45.6 Å². The van der Waals surface area contributed by atoms with Crippen molar-refractivity contribution < 1.29 is 14.3 Å². The van der Waals surface area contributed by atoms with Gasteiger partial charge in [-0.15, -0.1) is 0 Å². The molecule has 0 fully saturated rings. The van der Waals surface area contributed by atoms with Gasteiger partial charge in [0.15, 0.2) is 0 Å². The highest BCUT2D eigenvalue weighted by Gasteiger charge is 2.11. The minimum absolute atomic E-state index is 0.00544. The second-order valence-corrected chi connectivity index (χ2v) is 6.82. The lowest BCUT2D eigenvalue weighted by Crippen LogP contribution is -2.21. The zero-order valence-corrected chi connectivity index (χ0v) is 16.8. The summed E-state index contributed by atoms with van der Waals surface area (Å²) in [6, 6.07) is 18.1. The van der Waals surface area contributed by atoms with Crippen LogP contribution >= 0.6 is 11.6 Å². The van der Waals surface area contributed by atoms with E-state index in [2.05, 4.69) is 15.8 Å². The van der Waals surface area contributed by atoms with Gasteiger partial charge in [0.25, 0.3) is 5.91 Å². The third-order valence-corrected chi connectivity index (χ3v) is 4.47. The smallest absolute Gasteiger partial charge is 0.271 e. The standard InChI is InChI=1S/C22H20ClN3O3/c1-14(12-21(27)24-19-13-16(23)10-11-20(19)29-2)25-26-22(28)18-9-5-7-15-6-3-4-8-17(15)18/h3-11,13H,12H2,1-2H3,(H,24,27)(H,26,28)/b25-14+. The van der Waals surface area contributed by atoms with Crippen molar-refractivity contribution in [1.29, 1.82) is 0 Å². The number of halogens is 1. The van der Waals surface area contributed by atoms with Crippen LogP contribution in [0.1, 0.15) is 23.7 Å². The van der Waals surface area contributed by atoms with Crippen LogP contribution < -0.4 is 15.5 Å². The lowest BCUT2D eigenvalue weighted by molar-refractivity contribution is -0.115. The van der Waals surface area contributed by atoms with Crippen molar-refractivity contribution in [2.24, 2.45) is 5.10 Å². The third-order valence-electron chi connectivity index (χ3n) is 4.23. The van der Waals surface area contributed by atoms with E-state index >= 15 is 0 Å². The van der Waals surface area contributed by atoms with Gasteiger partial charge >= 0.3 is 0 Å². The highest BCUT2D eigenvalue weighted by Crippen LogP contribution is 2.27.